The number of aliphatic hydroxyl groups is 2. The molecule has 1 aromatic carbocycles. The standard InChI is InChI=1S/C26H29F2N3O6/c1-13(2)30(12-33)6-5-14-16-9-31-20(7-15(21(34)10-32)17(11-36-3)26(31)35)24(16)29-19-8-18(27)23(28)25(37-4)22(14)19/h7-8,10,13,21,33-34H,5-6,9,11-12H2,1-4H3. The molecule has 3 heterocycles. The van der Waals surface area contributed by atoms with E-state index >= 15 is 0 Å². The summed E-state index contributed by atoms with van der Waals surface area (Å²) in [5.74, 6) is -2.57. The summed E-state index contributed by atoms with van der Waals surface area (Å²) in [5.41, 5.74) is 1.79. The highest BCUT2D eigenvalue weighted by Gasteiger charge is 2.31. The molecule has 2 N–H and O–H groups in total. The SMILES string of the molecule is COCc1c(C(O)C=O)cc2n(c1=O)Cc1c-2nc2cc(F)c(F)c(OC)c2c1CCN(CO)C(C)C. The molecule has 9 nitrogen and oxygen atoms in total. The first-order chi connectivity index (χ1) is 17.7. The van der Waals surface area contributed by atoms with Crippen LogP contribution in [0.1, 0.15) is 42.2 Å². The van der Waals surface area contributed by atoms with E-state index in [1.54, 1.807) is 4.90 Å². The Kier molecular flexibility index (Phi) is 7.69. The topological polar surface area (TPSA) is 114 Å². The van der Waals surface area contributed by atoms with E-state index in [-0.39, 0.29) is 53.7 Å². The highest BCUT2D eigenvalue weighted by Crippen LogP contribution is 2.41. The molecule has 3 aromatic rings. The molecule has 1 aliphatic rings. The van der Waals surface area contributed by atoms with Gasteiger partial charge in [0.15, 0.2) is 17.9 Å². The van der Waals surface area contributed by atoms with Crippen molar-refractivity contribution in [2.24, 2.45) is 0 Å². The molecule has 0 saturated carbocycles. The zero-order chi connectivity index (χ0) is 27.0. The first-order valence-corrected chi connectivity index (χ1v) is 11.8. The monoisotopic (exact) mass is 517 g/mol. The number of nitrogens with zero attached hydrogens (tertiary/aromatic N) is 3. The molecule has 4 rings (SSSR count). The Balaban J connectivity index is 2.03. The summed E-state index contributed by atoms with van der Waals surface area (Å²) in [5, 5.41) is 20.4. The second-order valence-corrected chi connectivity index (χ2v) is 9.18. The van der Waals surface area contributed by atoms with E-state index in [2.05, 4.69) is 4.98 Å². The summed E-state index contributed by atoms with van der Waals surface area (Å²) in [6, 6.07) is 2.50. The first-order valence-electron chi connectivity index (χ1n) is 11.8. The zero-order valence-corrected chi connectivity index (χ0v) is 21.0. The molecule has 198 valence electrons. The summed E-state index contributed by atoms with van der Waals surface area (Å²) in [7, 11) is 2.64. The van der Waals surface area contributed by atoms with Crippen LogP contribution in [0.25, 0.3) is 22.3 Å². The fraction of sp³-hybridized carbons (Fsp3) is 0.423. The number of ether oxygens (including phenoxy) is 2. The summed E-state index contributed by atoms with van der Waals surface area (Å²) >= 11 is 0. The third-order valence-corrected chi connectivity index (χ3v) is 6.83. The number of halogens is 2. The Morgan fingerprint density at radius 3 is 2.57 bits per heavy atom. The third-order valence-electron chi connectivity index (χ3n) is 6.83. The van der Waals surface area contributed by atoms with Gasteiger partial charge in [-0.2, -0.15) is 4.39 Å². The smallest absolute Gasteiger partial charge is 0.257 e. The van der Waals surface area contributed by atoms with Gasteiger partial charge >= 0.3 is 0 Å². The lowest BCUT2D eigenvalue weighted by molar-refractivity contribution is -0.115. The van der Waals surface area contributed by atoms with Gasteiger partial charge in [0.2, 0.25) is 5.82 Å². The molecule has 1 atom stereocenters. The zero-order valence-electron chi connectivity index (χ0n) is 21.0. The van der Waals surface area contributed by atoms with E-state index in [4.69, 9.17) is 9.47 Å². The predicted molar refractivity (Wildman–Crippen MR) is 131 cm³/mol. The Labute approximate surface area is 211 Å². The van der Waals surface area contributed by atoms with Gasteiger partial charge in [-0.3, -0.25) is 9.69 Å². The molecular weight excluding hydrogens is 488 g/mol. The molecular formula is C26H29F2N3O6. The number of aromatic nitrogens is 2. The molecule has 0 bridgehead atoms. The lowest BCUT2D eigenvalue weighted by atomic mass is 9.96. The Morgan fingerprint density at radius 2 is 1.97 bits per heavy atom. The van der Waals surface area contributed by atoms with Crippen LogP contribution in [0.5, 0.6) is 5.75 Å². The molecule has 0 saturated heterocycles. The largest absolute Gasteiger partial charge is 0.493 e. The lowest BCUT2D eigenvalue weighted by Crippen LogP contribution is -2.33. The highest BCUT2D eigenvalue weighted by atomic mass is 19.2. The minimum atomic E-state index is -1.55. The summed E-state index contributed by atoms with van der Waals surface area (Å²) in [6.07, 6.45) is -0.916. The molecule has 0 aliphatic carbocycles. The van der Waals surface area contributed by atoms with Crippen molar-refractivity contribution in [3.63, 3.8) is 0 Å². The number of fused-ring (bicyclic) bond motifs is 4. The van der Waals surface area contributed by atoms with Crippen molar-refractivity contribution in [3.8, 4) is 17.1 Å². The van der Waals surface area contributed by atoms with Gasteiger partial charge in [0, 0.05) is 47.8 Å². The Bertz CT molecular complexity index is 1420. The van der Waals surface area contributed by atoms with Crippen LogP contribution in [0.15, 0.2) is 16.9 Å². The third kappa shape index (κ3) is 4.52. The number of aliphatic hydroxyl groups excluding tert-OH is 2. The van der Waals surface area contributed by atoms with Crippen LogP contribution in [0, 0.1) is 11.6 Å². The molecule has 1 unspecified atom stereocenters. The molecule has 0 amide bonds. The fourth-order valence-corrected chi connectivity index (χ4v) is 4.90. The van der Waals surface area contributed by atoms with Crippen molar-refractivity contribution in [2.45, 2.75) is 45.6 Å². The van der Waals surface area contributed by atoms with Gasteiger partial charge in [0.25, 0.3) is 5.56 Å². The van der Waals surface area contributed by atoms with Crippen molar-refractivity contribution in [3.05, 3.63) is 56.4 Å². The molecule has 0 spiro atoms. The van der Waals surface area contributed by atoms with Crippen LogP contribution in [0.4, 0.5) is 8.78 Å². The van der Waals surface area contributed by atoms with Crippen molar-refractivity contribution in [2.75, 3.05) is 27.5 Å². The van der Waals surface area contributed by atoms with Crippen LogP contribution in [0.2, 0.25) is 0 Å². The maximum absolute atomic E-state index is 14.8. The number of methoxy groups -OCH3 is 2. The summed E-state index contributed by atoms with van der Waals surface area (Å²) < 4.78 is 41.1. The van der Waals surface area contributed by atoms with Crippen molar-refractivity contribution >= 4 is 17.2 Å². The minimum Gasteiger partial charge on any atom is -0.493 e. The Morgan fingerprint density at radius 1 is 1.24 bits per heavy atom. The van der Waals surface area contributed by atoms with E-state index in [0.717, 1.165) is 6.07 Å². The lowest BCUT2D eigenvalue weighted by Gasteiger charge is -2.25. The minimum absolute atomic E-state index is 0.0195. The number of pyridine rings is 2. The second-order valence-electron chi connectivity index (χ2n) is 9.18. The quantitative estimate of drug-likeness (QED) is 0.243. The van der Waals surface area contributed by atoms with Crippen LogP contribution in [0.3, 0.4) is 0 Å². The van der Waals surface area contributed by atoms with Gasteiger partial charge < -0.3 is 29.0 Å². The number of carbonyl (C=O) groups is 1. The predicted octanol–water partition coefficient (Wildman–Crippen LogP) is 2.29. The fourth-order valence-electron chi connectivity index (χ4n) is 4.90. The van der Waals surface area contributed by atoms with Crippen molar-refractivity contribution in [1.82, 2.24) is 14.5 Å². The number of rotatable bonds is 10. The van der Waals surface area contributed by atoms with Gasteiger partial charge in [0.05, 0.1) is 43.9 Å². The van der Waals surface area contributed by atoms with Crippen LogP contribution in [-0.2, 0) is 29.1 Å². The summed E-state index contributed by atoms with van der Waals surface area (Å²) in [6.45, 7) is 4.00. The number of aldehydes is 1. The number of carbonyl (C=O) groups excluding carboxylic acids is 1. The molecule has 11 heteroatoms. The normalized spacial score (nSPS) is 13.4. The van der Waals surface area contributed by atoms with E-state index in [9.17, 15) is 28.6 Å². The van der Waals surface area contributed by atoms with Crippen LogP contribution in [-0.4, -0.2) is 64.5 Å². The maximum Gasteiger partial charge on any atom is 0.257 e. The first kappa shape index (κ1) is 26.8. The molecule has 2 aromatic heterocycles. The summed E-state index contributed by atoms with van der Waals surface area (Å²) in [4.78, 5) is 31.2. The van der Waals surface area contributed by atoms with E-state index in [0.29, 0.717) is 41.8 Å². The van der Waals surface area contributed by atoms with E-state index in [1.807, 2.05) is 13.8 Å². The molecule has 1 aliphatic heterocycles. The van der Waals surface area contributed by atoms with Gasteiger partial charge in [-0.15, -0.1) is 0 Å². The van der Waals surface area contributed by atoms with Crippen LogP contribution >= 0.6 is 0 Å². The number of benzene rings is 1. The highest BCUT2D eigenvalue weighted by molar-refractivity contribution is 5.93. The molecule has 37 heavy (non-hydrogen) atoms. The van der Waals surface area contributed by atoms with Crippen LogP contribution < -0.4 is 10.3 Å². The van der Waals surface area contributed by atoms with Gasteiger partial charge in [0.1, 0.15) is 6.10 Å². The number of hydrogen-bond donors (Lipinski definition) is 2. The average Bonchev–Trinajstić information content (AvgIpc) is 3.24. The van der Waals surface area contributed by atoms with Gasteiger partial charge in [-0.25, -0.2) is 9.37 Å². The number of hydrogen-bond acceptors (Lipinski definition) is 8. The van der Waals surface area contributed by atoms with E-state index < -0.39 is 23.3 Å². The maximum atomic E-state index is 14.8. The average molecular weight is 518 g/mol. The van der Waals surface area contributed by atoms with Gasteiger partial charge in [-0.05, 0) is 31.9 Å². The second kappa shape index (κ2) is 10.6. The van der Waals surface area contributed by atoms with Gasteiger partial charge in [-0.1, -0.05) is 0 Å². The van der Waals surface area contributed by atoms with Crippen molar-refractivity contribution in [1.29, 1.82) is 0 Å². The van der Waals surface area contributed by atoms with E-state index in [1.165, 1.54) is 24.9 Å². The van der Waals surface area contributed by atoms with Crippen molar-refractivity contribution < 1.29 is 33.3 Å². The molecule has 0 fully saturated rings. The molecule has 0 radical (unpaired) electrons. The Hall–Kier alpha value is -3.25.